The van der Waals surface area contributed by atoms with Crippen LogP contribution in [0.4, 0.5) is 0 Å². The number of guanidine groups is 1. The first-order valence-corrected chi connectivity index (χ1v) is 9.16. The van der Waals surface area contributed by atoms with Gasteiger partial charge in [0.05, 0.1) is 13.2 Å². The van der Waals surface area contributed by atoms with Gasteiger partial charge in [0.25, 0.3) is 0 Å². The Kier molecular flexibility index (Phi) is 8.98. The van der Waals surface area contributed by atoms with Gasteiger partial charge in [-0.05, 0) is 23.5 Å². The van der Waals surface area contributed by atoms with Crippen molar-refractivity contribution in [3.05, 3.63) is 35.4 Å². The number of benzene rings is 1. The van der Waals surface area contributed by atoms with Crippen LogP contribution >= 0.6 is 24.0 Å². The Morgan fingerprint density at radius 2 is 1.88 bits per heavy atom. The van der Waals surface area contributed by atoms with Gasteiger partial charge in [0.2, 0.25) is 0 Å². The quantitative estimate of drug-likeness (QED) is 0.375. The third kappa shape index (κ3) is 7.11. The molecule has 0 radical (unpaired) electrons. The van der Waals surface area contributed by atoms with Crippen LogP contribution in [0, 0.1) is 5.92 Å². The predicted octanol–water partition coefficient (Wildman–Crippen LogP) is 2.60. The van der Waals surface area contributed by atoms with Gasteiger partial charge in [-0.3, -0.25) is 9.89 Å². The second-order valence-corrected chi connectivity index (χ2v) is 6.74. The minimum atomic E-state index is 0. The van der Waals surface area contributed by atoms with Crippen molar-refractivity contribution in [3.8, 4) is 0 Å². The van der Waals surface area contributed by atoms with E-state index in [0.29, 0.717) is 0 Å². The molecule has 1 aromatic rings. The van der Waals surface area contributed by atoms with Crippen LogP contribution in [0.1, 0.15) is 30.4 Å². The van der Waals surface area contributed by atoms with Crippen molar-refractivity contribution in [1.29, 1.82) is 0 Å². The minimum Gasteiger partial charge on any atom is -0.379 e. The van der Waals surface area contributed by atoms with Crippen LogP contribution in [-0.2, 0) is 17.8 Å². The lowest BCUT2D eigenvalue weighted by molar-refractivity contribution is 0.0341. The van der Waals surface area contributed by atoms with Crippen LogP contribution in [-0.4, -0.2) is 50.8 Å². The Labute approximate surface area is 168 Å². The first-order valence-electron chi connectivity index (χ1n) is 9.16. The van der Waals surface area contributed by atoms with Crippen LogP contribution in [0.5, 0.6) is 0 Å². The van der Waals surface area contributed by atoms with Gasteiger partial charge in [-0.2, -0.15) is 0 Å². The van der Waals surface area contributed by atoms with Crippen molar-refractivity contribution in [2.45, 2.75) is 32.4 Å². The zero-order valence-corrected chi connectivity index (χ0v) is 17.5. The number of ether oxygens (including phenoxy) is 1. The maximum absolute atomic E-state index is 5.44. The first-order chi connectivity index (χ1) is 11.8. The van der Waals surface area contributed by atoms with E-state index >= 15 is 0 Å². The fourth-order valence-corrected chi connectivity index (χ4v) is 3.09. The number of nitrogens with one attached hydrogen (secondary N) is 2. The first kappa shape index (κ1) is 20.5. The molecule has 2 N–H and O–H groups in total. The summed E-state index contributed by atoms with van der Waals surface area (Å²) in [7, 11) is 1.84. The highest BCUT2D eigenvalue weighted by molar-refractivity contribution is 14.0. The molecule has 140 valence electrons. The molecule has 0 spiro atoms. The van der Waals surface area contributed by atoms with Crippen LogP contribution in [0.25, 0.3) is 0 Å². The second-order valence-electron chi connectivity index (χ2n) is 6.74. The summed E-state index contributed by atoms with van der Waals surface area (Å²) >= 11 is 0. The molecule has 2 aliphatic rings. The molecule has 0 amide bonds. The second kappa shape index (κ2) is 11.0. The van der Waals surface area contributed by atoms with Gasteiger partial charge in [0, 0.05) is 39.8 Å². The summed E-state index contributed by atoms with van der Waals surface area (Å²) in [6, 6.07) is 8.68. The summed E-state index contributed by atoms with van der Waals surface area (Å²) in [5.74, 6) is 1.85. The van der Waals surface area contributed by atoms with Gasteiger partial charge in [-0.1, -0.05) is 37.1 Å². The van der Waals surface area contributed by atoms with Gasteiger partial charge < -0.3 is 15.4 Å². The van der Waals surface area contributed by atoms with Crippen molar-refractivity contribution in [1.82, 2.24) is 15.5 Å². The SMILES string of the molecule is CN=C(NCCC1CC1)NCc1ccccc1CN1CCOCC1.I. The minimum absolute atomic E-state index is 0. The zero-order valence-electron chi connectivity index (χ0n) is 15.2. The molecule has 0 bridgehead atoms. The topological polar surface area (TPSA) is 48.9 Å². The average Bonchev–Trinajstić information content (AvgIpc) is 3.44. The molecular weight excluding hydrogens is 427 g/mol. The Bertz CT molecular complexity index is 542. The molecule has 1 saturated heterocycles. The van der Waals surface area contributed by atoms with E-state index in [-0.39, 0.29) is 24.0 Å². The normalized spacial score (nSPS) is 18.5. The fourth-order valence-electron chi connectivity index (χ4n) is 3.09. The molecule has 1 saturated carbocycles. The Morgan fingerprint density at radius 1 is 1.16 bits per heavy atom. The Morgan fingerprint density at radius 3 is 2.56 bits per heavy atom. The molecule has 1 aliphatic carbocycles. The van der Waals surface area contributed by atoms with Gasteiger partial charge in [0.1, 0.15) is 0 Å². The van der Waals surface area contributed by atoms with Crippen molar-refractivity contribution >= 4 is 29.9 Å². The Balaban J connectivity index is 0.00000225. The molecule has 1 heterocycles. The van der Waals surface area contributed by atoms with Crippen LogP contribution in [0.2, 0.25) is 0 Å². The number of aliphatic imine (C=N–C) groups is 1. The standard InChI is InChI=1S/C19H30N4O.HI/c1-20-19(21-9-8-16-6-7-16)22-14-17-4-2-3-5-18(17)15-23-10-12-24-13-11-23;/h2-5,16H,6-15H2,1H3,(H2,20,21,22);1H. The molecule has 1 aromatic carbocycles. The van der Waals surface area contributed by atoms with Gasteiger partial charge in [-0.15, -0.1) is 24.0 Å². The highest BCUT2D eigenvalue weighted by atomic mass is 127. The third-order valence-corrected chi connectivity index (χ3v) is 4.83. The predicted molar refractivity (Wildman–Crippen MR) is 113 cm³/mol. The summed E-state index contributed by atoms with van der Waals surface area (Å²) in [6.45, 7) is 6.55. The molecule has 0 unspecified atom stereocenters. The fraction of sp³-hybridized carbons (Fsp3) is 0.632. The number of rotatable bonds is 7. The summed E-state index contributed by atoms with van der Waals surface area (Å²) in [5.41, 5.74) is 2.73. The van der Waals surface area contributed by atoms with E-state index in [1.54, 1.807) is 0 Å². The van der Waals surface area contributed by atoms with E-state index in [1.165, 1.54) is 30.4 Å². The van der Waals surface area contributed by atoms with Crippen LogP contribution in [0.3, 0.4) is 0 Å². The highest BCUT2D eigenvalue weighted by Gasteiger charge is 2.20. The molecule has 5 nitrogen and oxygen atoms in total. The van der Waals surface area contributed by atoms with Crippen molar-refractivity contribution in [3.63, 3.8) is 0 Å². The molecule has 6 heteroatoms. The number of nitrogens with zero attached hydrogens (tertiary/aromatic N) is 2. The maximum atomic E-state index is 5.44. The zero-order chi connectivity index (χ0) is 16.6. The smallest absolute Gasteiger partial charge is 0.191 e. The summed E-state index contributed by atoms with van der Waals surface area (Å²) in [4.78, 5) is 6.80. The molecule has 0 atom stereocenters. The van der Waals surface area contributed by atoms with E-state index in [4.69, 9.17) is 4.74 Å². The molecule has 2 fully saturated rings. The van der Waals surface area contributed by atoms with Crippen molar-refractivity contribution in [2.24, 2.45) is 10.9 Å². The summed E-state index contributed by atoms with van der Waals surface area (Å²) in [6.07, 6.45) is 4.07. The Hall–Kier alpha value is -0.860. The number of hydrogen-bond donors (Lipinski definition) is 2. The largest absolute Gasteiger partial charge is 0.379 e. The molecular formula is C19H31IN4O. The van der Waals surface area contributed by atoms with Crippen LogP contribution < -0.4 is 10.6 Å². The van der Waals surface area contributed by atoms with E-state index < -0.39 is 0 Å². The lowest BCUT2D eigenvalue weighted by Crippen LogP contribution is -2.38. The summed E-state index contributed by atoms with van der Waals surface area (Å²) < 4.78 is 5.44. The van der Waals surface area contributed by atoms with Gasteiger partial charge >= 0.3 is 0 Å². The van der Waals surface area contributed by atoms with Gasteiger partial charge in [0.15, 0.2) is 5.96 Å². The number of halogens is 1. The van der Waals surface area contributed by atoms with Crippen molar-refractivity contribution in [2.75, 3.05) is 39.9 Å². The molecule has 1 aliphatic heterocycles. The molecule has 25 heavy (non-hydrogen) atoms. The maximum Gasteiger partial charge on any atom is 0.191 e. The van der Waals surface area contributed by atoms with E-state index in [9.17, 15) is 0 Å². The lowest BCUT2D eigenvalue weighted by atomic mass is 10.1. The van der Waals surface area contributed by atoms with Crippen LogP contribution in [0.15, 0.2) is 29.3 Å². The van der Waals surface area contributed by atoms with Crippen molar-refractivity contribution < 1.29 is 4.74 Å². The van der Waals surface area contributed by atoms with Gasteiger partial charge in [-0.25, -0.2) is 0 Å². The molecule has 3 rings (SSSR count). The highest BCUT2D eigenvalue weighted by Crippen LogP contribution is 2.31. The molecule has 0 aromatic heterocycles. The average molecular weight is 458 g/mol. The monoisotopic (exact) mass is 458 g/mol. The summed E-state index contributed by atoms with van der Waals surface area (Å²) in [5, 5.41) is 6.88. The number of morpholine rings is 1. The van der Waals surface area contributed by atoms with E-state index in [1.807, 2.05) is 7.05 Å². The van der Waals surface area contributed by atoms with E-state index in [2.05, 4.69) is 44.8 Å². The third-order valence-electron chi connectivity index (χ3n) is 4.83. The van der Waals surface area contributed by atoms with E-state index in [0.717, 1.165) is 57.8 Å². The lowest BCUT2D eigenvalue weighted by Gasteiger charge is -2.27. The number of hydrogen-bond acceptors (Lipinski definition) is 3.